The minimum atomic E-state index is -3.48. The second-order valence-corrected chi connectivity index (χ2v) is 6.61. The van der Waals surface area contributed by atoms with E-state index in [1.807, 2.05) is 11.4 Å². The van der Waals surface area contributed by atoms with Gasteiger partial charge >= 0.3 is 0 Å². The Hall–Kier alpha value is -1.37. The van der Waals surface area contributed by atoms with Gasteiger partial charge in [0.25, 0.3) is 10.0 Å². The molecule has 0 radical (unpaired) electrons. The third-order valence-electron chi connectivity index (χ3n) is 2.89. The molecule has 0 aliphatic carbocycles. The Bertz CT molecular complexity index is 663. The maximum Gasteiger partial charge on any atom is 0.261 e. The van der Waals surface area contributed by atoms with Crippen LogP contribution in [0.5, 0.6) is 0 Å². The van der Waals surface area contributed by atoms with Crippen LogP contribution in [0.2, 0.25) is 0 Å². The highest BCUT2D eigenvalue weighted by molar-refractivity contribution is 7.92. The molecule has 0 amide bonds. The Balaban J connectivity index is 1.94. The fourth-order valence-corrected chi connectivity index (χ4v) is 3.74. The van der Waals surface area contributed by atoms with E-state index < -0.39 is 10.0 Å². The Morgan fingerprint density at radius 2 is 2.00 bits per heavy atom. The summed E-state index contributed by atoms with van der Waals surface area (Å²) in [5.74, 6) is 0. The highest BCUT2D eigenvalue weighted by atomic mass is 32.2. The zero-order valence-electron chi connectivity index (χ0n) is 9.51. The zero-order valence-corrected chi connectivity index (χ0v) is 11.1. The number of fused-ring (bicyclic) bond motifs is 1. The molecule has 1 aliphatic rings. The van der Waals surface area contributed by atoms with Crippen molar-refractivity contribution in [3.63, 3.8) is 0 Å². The molecular formula is C12H12N2O2S2. The SMILES string of the molecule is O=S(=O)(Nc1ccsc1)c1ccc2c(c1)CNC2. The average molecular weight is 280 g/mol. The Morgan fingerprint density at radius 3 is 2.78 bits per heavy atom. The molecule has 0 saturated carbocycles. The summed E-state index contributed by atoms with van der Waals surface area (Å²) in [5, 5.41) is 6.81. The largest absolute Gasteiger partial charge is 0.309 e. The molecule has 94 valence electrons. The second-order valence-electron chi connectivity index (χ2n) is 4.15. The lowest BCUT2D eigenvalue weighted by Crippen LogP contribution is -2.12. The third-order valence-corrected chi connectivity index (χ3v) is 4.95. The first-order valence-corrected chi connectivity index (χ1v) is 7.95. The first-order valence-electron chi connectivity index (χ1n) is 5.53. The third kappa shape index (κ3) is 2.14. The van der Waals surface area contributed by atoms with Gasteiger partial charge in [-0.15, -0.1) is 0 Å². The molecule has 1 aromatic carbocycles. The lowest BCUT2D eigenvalue weighted by Gasteiger charge is -2.07. The van der Waals surface area contributed by atoms with Crippen molar-refractivity contribution in [2.45, 2.75) is 18.0 Å². The molecule has 0 bridgehead atoms. The van der Waals surface area contributed by atoms with E-state index in [1.165, 1.54) is 16.9 Å². The van der Waals surface area contributed by atoms with Gasteiger partial charge in [0.2, 0.25) is 0 Å². The highest BCUT2D eigenvalue weighted by Gasteiger charge is 2.18. The lowest BCUT2D eigenvalue weighted by atomic mass is 10.1. The van der Waals surface area contributed by atoms with Crippen molar-refractivity contribution >= 4 is 27.0 Å². The summed E-state index contributed by atoms with van der Waals surface area (Å²) in [7, 11) is -3.48. The van der Waals surface area contributed by atoms with Crippen molar-refractivity contribution < 1.29 is 8.42 Å². The summed E-state index contributed by atoms with van der Waals surface area (Å²) in [6.45, 7) is 1.55. The van der Waals surface area contributed by atoms with Gasteiger partial charge in [-0.1, -0.05) is 6.07 Å². The number of benzene rings is 1. The first kappa shape index (κ1) is 11.7. The van der Waals surface area contributed by atoms with Gasteiger partial charge < -0.3 is 5.32 Å². The van der Waals surface area contributed by atoms with Gasteiger partial charge in [-0.3, -0.25) is 4.72 Å². The molecule has 6 heteroatoms. The van der Waals surface area contributed by atoms with Crippen LogP contribution in [0.4, 0.5) is 5.69 Å². The minimum absolute atomic E-state index is 0.316. The molecule has 0 saturated heterocycles. The quantitative estimate of drug-likeness (QED) is 0.905. The number of sulfonamides is 1. The molecule has 1 aliphatic heterocycles. The van der Waals surface area contributed by atoms with Crippen molar-refractivity contribution in [3.8, 4) is 0 Å². The molecule has 0 fully saturated rings. The van der Waals surface area contributed by atoms with E-state index >= 15 is 0 Å². The zero-order chi connectivity index (χ0) is 12.6. The second kappa shape index (κ2) is 4.38. The van der Waals surface area contributed by atoms with Crippen LogP contribution < -0.4 is 10.0 Å². The topological polar surface area (TPSA) is 58.2 Å². The molecule has 18 heavy (non-hydrogen) atoms. The summed E-state index contributed by atoms with van der Waals surface area (Å²) in [4.78, 5) is 0.316. The van der Waals surface area contributed by atoms with Crippen LogP contribution >= 0.6 is 11.3 Å². The van der Waals surface area contributed by atoms with Crippen LogP contribution in [0.3, 0.4) is 0 Å². The van der Waals surface area contributed by atoms with Crippen molar-refractivity contribution in [2.24, 2.45) is 0 Å². The number of nitrogens with one attached hydrogen (secondary N) is 2. The van der Waals surface area contributed by atoms with Gasteiger partial charge in [0.15, 0.2) is 0 Å². The Morgan fingerprint density at radius 1 is 1.17 bits per heavy atom. The van der Waals surface area contributed by atoms with E-state index in [9.17, 15) is 8.42 Å². The van der Waals surface area contributed by atoms with E-state index in [4.69, 9.17) is 0 Å². The maximum atomic E-state index is 12.2. The summed E-state index contributed by atoms with van der Waals surface area (Å²) >= 11 is 1.46. The summed E-state index contributed by atoms with van der Waals surface area (Å²) in [6, 6.07) is 7.01. The van der Waals surface area contributed by atoms with Crippen molar-refractivity contribution in [3.05, 3.63) is 46.2 Å². The van der Waals surface area contributed by atoms with E-state index in [0.29, 0.717) is 10.6 Å². The molecule has 0 spiro atoms. The standard InChI is InChI=1S/C12H12N2O2S2/c15-18(16,14-11-3-4-17-8-11)12-2-1-9-6-13-7-10(9)5-12/h1-5,8,13-14H,6-7H2. The van der Waals surface area contributed by atoms with Crippen molar-refractivity contribution in [1.82, 2.24) is 5.32 Å². The van der Waals surface area contributed by atoms with Gasteiger partial charge in [-0.2, -0.15) is 11.3 Å². The fraction of sp³-hybridized carbons (Fsp3) is 0.167. The smallest absolute Gasteiger partial charge is 0.261 e. The van der Waals surface area contributed by atoms with E-state index in [1.54, 1.807) is 23.6 Å². The van der Waals surface area contributed by atoms with Gasteiger partial charge in [-0.25, -0.2) is 8.42 Å². The molecule has 2 heterocycles. The van der Waals surface area contributed by atoms with Crippen LogP contribution in [0.1, 0.15) is 11.1 Å². The molecule has 0 atom stereocenters. The molecule has 2 aromatic rings. The normalized spacial score (nSPS) is 14.4. The van der Waals surface area contributed by atoms with Crippen molar-refractivity contribution in [2.75, 3.05) is 4.72 Å². The highest BCUT2D eigenvalue weighted by Crippen LogP contribution is 2.22. The fourth-order valence-electron chi connectivity index (χ4n) is 1.97. The van der Waals surface area contributed by atoms with Gasteiger partial charge in [-0.05, 0) is 34.7 Å². The summed E-state index contributed by atoms with van der Waals surface area (Å²) in [6.07, 6.45) is 0. The number of hydrogen-bond donors (Lipinski definition) is 2. The molecule has 1 aromatic heterocycles. The van der Waals surface area contributed by atoms with Crippen LogP contribution in [-0.2, 0) is 23.1 Å². The lowest BCUT2D eigenvalue weighted by molar-refractivity contribution is 0.601. The predicted octanol–water partition coefficient (Wildman–Crippen LogP) is 2.15. The summed E-state index contributed by atoms with van der Waals surface area (Å²) in [5.41, 5.74) is 2.84. The van der Waals surface area contributed by atoms with Gasteiger partial charge in [0.05, 0.1) is 10.6 Å². The van der Waals surface area contributed by atoms with Gasteiger partial charge in [0.1, 0.15) is 0 Å². The van der Waals surface area contributed by atoms with Gasteiger partial charge in [0, 0.05) is 18.5 Å². The molecule has 4 nitrogen and oxygen atoms in total. The van der Waals surface area contributed by atoms with E-state index in [0.717, 1.165) is 18.7 Å². The minimum Gasteiger partial charge on any atom is -0.309 e. The van der Waals surface area contributed by atoms with Crippen LogP contribution in [0.25, 0.3) is 0 Å². The molecule has 3 rings (SSSR count). The number of hydrogen-bond acceptors (Lipinski definition) is 4. The Labute approximate surface area is 110 Å². The van der Waals surface area contributed by atoms with Crippen LogP contribution in [0.15, 0.2) is 39.9 Å². The average Bonchev–Trinajstić information content (AvgIpc) is 2.97. The first-order chi connectivity index (χ1) is 8.65. The molecular weight excluding hydrogens is 268 g/mol. The van der Waals surface area contributed by atoms with Crippen LogP contribution in [0, 0.1) is 0 Å². The number of thiophene rings is 1. The molecule has 2 N–H and O–H groups in total. The van der Waals surface area contributed by atoms with E-state index in [2.05, 4.69) is 10.0 Å². The van der Waals surface area contributed by atoms with Crippen molar-refractivity contribution in [1.29, 1.82) is 0 Å². The predicted molar refractivity (Wildman–Crippen MR) is 72.1 cm³/mol. The maximum absolute atomic E-state index is 12.2. The monoisotopic (exact) mass is 280 g/mol. The number of anilines is 1. The number of rotatable bonds is 3. The Kier molecular flexibility index (Phi) is 2.85. The molecule has 0 unspecified atom stereocenters. The summed E-state index contributed by atoms with van der Waals surface area (Å²) < 4.78 is 26.9. The van der Waals surface area contributed by atoms with E-state index in [-0.39, 0.29) is 0 Å². The van der Waals surface area contributed by atoms with Crippen LogP contribution in [-0.4, -0.2) is 8.42 Å².